The number of ether oxygens (including phenoxy) is 1. The third-order valence-electron chi connectivity index (χ3n) is 4.35. The Morgan fingerprint density at radius 3 is 2.71 bits per heavy atom. The average Bonchev–Trinajstić information content (AvgIpc) is 2.35. The Kier molecular flexibility index (Phi) is 5.86. The summed E-state index contributed by atoms with van der Waals surface area (Å²) in [7, 11) is 6.17. The number of likely N-dealkylation sites (tertiary alicyclic amines) is 1. The highest BCUT2D eigenvalue weighted by atomic mass is 16.5. The van der Waals surface area contributed by atoms with Gasteiger partial charge in [0.05, 0.1) is 12.1 Å². The van der Waals surface area contributed by atoms with E-state index in [-0.39, 0.29) is 5.54 Å². The second-order valence-corrected chi connectivity index (χ2v) is 5.38. The molecule has 0 aromatic heterocycles. The number of methoxy groups -OCH3 is 1. The lowest BCUT2D eigenvalue weighted by atomic mass is 9.91. The molecule has 1 fully saturated rings. The predicted molar refractivity (Wildman–Crippen MR) is 72.2 cm³/mol. The van der Waals surface area contributed by atoms with Crippen molar-refractivity contribution >= 4 is 0 Å². The van der Waals surface area contributed by atoms with Crippen LogP contribution in [0.25, 0.3) is 0 Å². The van der Waals surface area contributed by atoms with Gasteiger partial charge < -0.3 is 15.4 Å². The molecule has 17 heavy (non-hydrogen) atoms. The Labute approximate surface area is 106 Å². The molecule has 0 aliphatic carbocycles. The van der Waals surface area contributed by atoms with E-state index in [9.17, 15) is 0 Å². The molecule has 2 atom stereocenters. The summed E-state index contributed by atoms with van der Waals surface area (Å²) in [5, 5.41) is 0. The fourth-order valence-corrected chi connectivity index (χ4v) is 2.91. The first-order chi connectivity index (χ1) is 8.09. The third-order valence-corrected chi connectivity index (χ3v) is 4.35. The van der Waals surface area contributed by atoms with E-state index >= 15 is 0 Å². The van der Waals surface area contributed by atoms with E-state index in [1.807, 2.05) is 0 Å². The molecule has 0 saturated carbocycles. The van der Waals surface area contributed by atoms with Crippen LogP contribution in [0.2, 0.25) is 0 Å². The monoisotopic (exact) mass is 243 g/mol. The fourth-order valence-electron chi connectivity index (χ4n) is 2.91. The molecule has 102 valence electrons. The lowest BCUT2D eigenvalue weighted by Gasteiger charge is -2.47. The second-order valence-electron chi connectivity index (χ2n) is 5.38. The van der Waals surface area contributed by atoms with Gasteiger partial charge >= 0.3 is 0 Å². The van der Waals surface area contributed by atoms with Gasteiger partial charge in [-0.3, -0.25) is 4.90 Å². The predicted octanol–water partition coefficient (Wildman–Crippen LogP) is 0.766. The van der Waals surface area contributed by atoms with Crippen LogP contribution in [0.4, 0.5) is 0 Å². The fraction of sp³-hybridized carbons (Fsp3) is 1.00. The van der Waals surface area contributed by atoms with E-state index in [1.54, 1.807) is 7.11 Å². The van der Waals surface area contributed by atoms with E-state index in [1.165, 1.54) is 19.4 Å². The van der Waals surface area contributed by atoms with E-state index in [0.29, 0.717) is 12.6 Å². The zero-order valence-electron chi connectivity index (χ0n) is 11.9. The minimum absolute atomic E-state index is 0.00238. The van der Waals surface area contributed by atoms with Crippen molar-refractivity contribution in [1.29, 1.82) is 0 Å². The van der Waals surface area contributed by atoms with Gasteiger partial charge in [0.1, 0.15) is 0 Å². The van der Waals surface area contributed by atoms with Gasteiger partial charge in [-0.25, -0.2) is 0 Å². The van der Waals surface area contributed by atoms with Gasteiger partial charge in [-0.2, -0.15) is 0 Å². The second kappa shape index (κ2) is 6.69. The van der Waals surface area contributed by atoms with Crippen molar-refractivity contribution in [3.63, 3.8) is 0 Å². The molecule has 1 aliphatic rings. The summed E-state index contributed by atoms with van der Waals surface area (Å²) < 4.78 is 5.39. The molecule has 1 aliphatic heterocycles. The summed E-state index contributed by atoms with van der Waals surface area (Å²) in [5.41, 5.74) is 6.01. The van der Waals surface area contributed by atoms with Gasteiger partial charge in [-0.15, -0.1) is 0 Å². The first-order valence-electron chi connectivity index (χ1n) is 6.70. The van der Waals surface area contributed by atoms with Crippen LogP contribution >= 0.6 is 0 Å². The Morgan fingerprint density at radius 1 is 1.53 bits per heavy atom. The summed E-state index contributed by atoms with van der Waals surface area (Å²) in [6.07, 6.45) is 3.59. The first-order valence-corrected chi connectivity index (χ1v) is 6.70. The van der Waals surface area contributed by atoms with Gasteiger partial charge in [0, 0.05) is 26.2 Å². The van der Waals surface area contributed by atoms with Crippen molar-refractivity contribution in [2.45, 2.75) is 37.8 Å². The summed E-state index contributed by atoms with van der Waals surface area (Å²) in [4.78, 5) is 4.88. The molecule has 1 rings (SSSR count). The normalized spacial score (nSPS) is 26.1. The van der Waals surface area contributed by atoms with Crippen LogP contribution in [0.3, 0.4) is 0 Å². The topological polar surface area (TPSA) is 41.7 Å². The molecule has 1 saturated heterocycles. The Hall–Kier alpha value is -0.160. The summed E-state index contributed by atoms with van der Waals surface area (Å²) >= 11 is 0. The minimum Gasteiger partial charge on any atom is -0.383 e. The number of hydrogen-bond acceptors (Lipinski definition) is 4. The van der Waals surface area contributed by atoms with Crippen LogP contribution in [0.5, 0.6) is 0 Å². The highest BCUT2D eigenvalue weighted by molar-refractivity contribution is 4.94. The van der Waals surface area contributed by atoms with Crippen molar-refractivity contribution in [2.75, 3.05) is 47.4 Å². The van der Waals surface area contributed by atoms with E-state index in [4.69, 9.17) is 10.5 Å². The molecule has 2 N–H and O–H groups in total. The molecule has 0 radical (unpaired) electrons. The highest BCUT2D eigenvalue weighted by Gasteiger charge is 2.36. The highest BCUT2D eigenvalue weighted by Crippen LogP contribution is 2.24. The number of nitrogens with zero attached hydrogens (tertiary/aromatic N) is 2. The van der Waals surface area contributed by atoms with Gasteiger partial charge in [0.15, 0.2) is 0 Å². The van der Waals surface area contributed by atoms with Crippen molar-refractivity contribution in [1.82, 2.24) is 9.80 Å². The summed E-state index contributed by atoms with van der Waals surface area (Å²) in [6.45, 7) is 5.94. The van der Waals surface area contributed by atoms with Gasteiger partial charge in [0.25, 0.3) is 0 Å². The molecule has 0 spiro atoms. The zero-order chi connectivity index (χ0) is 12.9. The maximum atomic E-state index is 6.01. The van der Waals surface area contributed by atoms with Gasteiger partial charge in [0.2, 0.25) is 0 Å². The van der Waals surface area contributed by atoms with E-state index in [0.717, 1.165) is 19.6 Å². The van der Waals surface area contributed by atoms with Crippen molar-refractivity contribution in [3.8, 4) is 0 Å². The minimum atomic E-state index is -0.00238. The molecule has 4 heteroatoms. The maximum absolute atomic E-state index is 6.01. The molecule has 0 aromatic carbocycles. The summed E-state index contributed by atoms with van der Waals surface area (Å²) in [5.74, 6) is 0. The molecule has 1 heterocycles. The number of nitrogens with two attached hydrogens (primary N) is 1. The lowest BCUT2D eigenvalue weighted by molar-refractivity contribution is -0.0149. The smallest absolute Gasteiger partial charge is 0.0658 e. The van der Waals surface area contributed by atoms with Crippen LogP contribution in [-0.2, 0) is 4.74 Å². The maximum Gasteiger partial charge on any atom is 0.0658 e. The number of piperidine rings is 1. The van der Waals surface area contributed by atoms with Gasteiger partial charge in [-0.1, -0.05) is 6.92 Å². The quantitative estimate of drug-likeness (QED) is 0.748. The average molecular weight is 243 g/mol. The zero-order valence-corrected chi connectivity index (χ0v) is 11.9. The first kappa shape index (κ1) is 14.9. The number of hydrogen-bond donors (Lipinski definition) is 1. The molecule has 0 amide bonds. The number of likely N-dealkylation sites (N-methyl/N-ethyl adjacent to an activating group) is 2. The number of rotatable bonds is 6. The van der Waals surface area contributed by atoms with E-state index in [2.05, 4.69) is 30.8 Å². The standard InChI is InChI=1S/C13H29N3O/c1-5-13(10-14,11-17-4)16(3)12-7-6-8-15(2)9-12/h12H,5-11,14H2,1-4H3. The molecule has 4 nitrogen and oxygen atoms in total. The van der Waals surface area contributed by atoms with Crippen molar-refractivity contribution in [3.05, 3.63) is 0 Å². The Morgan fingerprint density at radius 2 is 2.24 bits per heavy atom. The van der Waals surface area contributed by atoms with Gasteiger partial charge in [-0.05, 0) is 39.9 Å². The van der Waals surface area contributed by atoms with Crippen LogP contribution in [-0.4, -0.2) is 68.8 Å². The van der Waals surface area contributed by atoms with Crippen LogP contribution < -0.4 is 5.73 Å². The third kappa shape index (κ3) is 3.41. The largest absolute Gasteiger partial charge is 0.383 e. The van der Waals surface area contributed by atoms with Crippen molar-refractivity contribution in [2.24, 2.45) is 5.73 Å². The molecule has 0 aromatic rings. The lowest BCUT2D eigenvalue weighted by Crippen LogP contribution is -2.61. The van der Waals surface area contributed by atoms with Crippen molar-refractivity contribution < 1.29 is 4.74 Å². The van der Waals surface area contributed by atoms with Crippen LogP contribution in [0.15, 0.2) is 0 Å². The van der Waals surface area contributed by atoms with Crippen LogP contribution in [0.1, 0.15) is 26.2 Å². The van der Waals surface area contributed by atoms with E-state index < -0.39 is 0 Å². The Balaban J connectivity index is 2.72. The summed E-state index contributed by atoms with van der Waals surface area (Å²) in [6, 6.07) is 0.604. The molecular formula is C13H29N3O. The van der Waals surface area contributed by atoms with Crippen LogP contribution in [0, 0.1) is 0 Å². The SMILES string of the molecule is CCC(CN)(COC)N(C)C1CCCN(C)C1. The molecular weight excluding hydrogens is 214 g/mol. The molecule has 0 bridgehead atoms. The molecule has 2 unspecified atom stereocenters. The Bertz CT molecular complexity index is 219.